The topological polar surface area (TPSA) is 58.4 Å². The van der Waals surface area contributed by atoms with Crippen LogP contribution in [0.2, 0.25) is 0 Å². The first kappa shape index (κ1) is 11.1. The number of hydrogen-bond donors (Lipinski definition) is 1. The molecule has 0 saturated carbocycles. The lowest BCUT2D eigenvalue weighted by Crippen LogP contribution is -2.25. The van der Waals surface area contributed by atoms with Gasteiger partial charge in [0, 0.05) is 31.9 Å². The van der Waals surface area contributed by atoms with Crippen LogP contribution < -0.4 is 0 Å². The molecule has 1 unspecified atom stereocenters. The van der Waals surface area contributed by atoms with Gasteiger partial charge in [0.2, 0.25) is 5.91 Å². The first-order valence-electron chi connectivity index (χ1n) is 5.57. The van der Waals surface area contributed by atoms with Gasteiger partial charge in [-0.3, -0.25) is 9.48 Å². The summed E-state index contributed by atoms with van der Waals surface area (Å²) < 4.78 is 1.77. The molecule has 1 amide bonds. The van der Waals surface area contributed by atoms with Crippen molar-refractivity contribution >= 4 is 5.91 Å². The largest absolute Gasteiger partial charge is 0.391 e. The number of likely N-dealkylation sites (tertiary alicyclic amines) is 1. The molecule has 1 aliphatic heterocycles. The average Bonchev–Trinajstić information content (AvgIpc) is 2.71. The second-order valence-electron chi connectivity index (χ2n) is 4.26. The van der Waals surface area contributed by atoms with Gasteiger partial charge in [0.15, 0.2) is 0 Å². The van der Waals surface area contributed by atoms with Crippen LogP contribution in [0.4, 0.5) is 0 Å². The van der Waals surface area contributed by atoms with Crippen LogP contribution in [0.1, 0.15) is 24.6 Å². The van der Waals surface area contributed by atoms with Crippen molar-refractivity contribution in [3.8, 4) is 0 Å². The summed E-state index contributed by atoms with van der Waals surface area (Å²) in [5, 5.41) is 13.7. The number of hydrogen-bond acceptors (Lipinski definition) is 3. The molecule has 2 heterocycles. The van der Waals surface area contributed by atoms with Crippen molar-refractivity contribution < 1.29 is 9.90 Å². The second-order valence-corrected chi connectivity index (χ2v) is 4.26. The monoisotopic (exact) mass is 223 g/mol. The van der Waals surface area contributed by atoms with Crippen molar-refractivity contribution in [3.63, 3.8) is 0 Å². The van der Waals surface area contributed by atoms with Gasteiger partial charge in [-0.25, -0.2) is 0 Å². The summed E-state index contributed by atoms with van der Waals surface area (Å²) in [7, 11) is 1.88. The van der Waals surface area contributed by atoms with E-state index in [-0.39, 0.29) is 12.3 Å². The normalized spacial score (nSPS) is 20.8. The number of amides is 1. The van der Waals surface area contributed by atoms with Crippen LogP contribution in [-0.4, -0.2) is 38.3 Å². The van der Waals surface area contributed by atoms with E-state index in [1.807, 2.05) is 20.2 Å². The predicted octanol–water partition coefficient (Wildman–Crippen LogP) is 0.0757. The Morgan fingerprint density at radius 3 is 2.94 bits per heavy atom. The summed E-state index contributed by atoms with van der Waals surface area (Å²) in [6.07, 6.45) is 2.55. The number of carbonyl (C=O) groups is 1. The highest BCUT2D eigenvalue weighted by Gasteiger charge is 2.28. The zero-order valence-electron chi connectivity index (χ0n) is 9.68. The van der Waals surface area contributed by atoms with Gasteiger partial charge in [-0.15, -0.1) is 0 Å². The minimum absolute atomic E-state index is 0.0263. The first-order chi connectivity index (χ1) is 7.60. The number of rotatable bonds is 3. The summed E-state index contributed by atoms with van der Waals surface area (Å²) in [5.41, 5.74) is 2.10. The Balaban J connectivity index is 2.11. The SMILES string of the molecule is CCc1nn(C)cc1CN1CC(O)CC1=O. The first-order valence-corrected chi connectivity index (χ1v) is 5.57. The van der Waals surface area contributed by atoms with Gasteiger partial charge in [-0.1, -0.05) is 6.92 Å². The lowest BCUT2D eigenvalue weighted by molar-refractivity contribution is -0.128. The molecule has 16 heavy (non-hydrogen) atoms. The minimum atomic E-state index is -0.505. The molecule has 0 aliphatic carbocycles. The van der Waals surface area contributed by atoms with Gasteiger partial charge < -0.3 is 10.0 Å². The molecule has 5 heteroatoms. The molecular formula is C11H17N3O2. The fourth-order valence-corrected chi connectivity index (χ4v) is 2.12. The number of β-amino-alcohol motifs (C(OH)–C–C–N with tert-alkyl or cyclic N) is 1. The van der Waals surface area contributed by atoms with Crippen molar-refractivity contribution in [2.24, 2.45) is 7.05 Å². The lowest BCUT2D eigenvalue weighted by Gasteiger charge is -2.15. The van der Waals surface area contributed by atoms with E-state index in [1.54, 1.807) is 9.58 Å². The summed E-state index contributed by atoms with van der Waals surface area (Å²) in [6.45, 7) is 3.05. The van der Waals surface area contributed by atoms with E-state index in [1.165, 1.54) is 0 Å². The van der Waals surface area contributed by atoms with Crippen LogP contribution in [0.25, 0.3) is 0 Å². The number of aliphatic hydroxyl groups is 1. The van der Waals surface area contributed by atoms with E-state index in [0.29, 0.717) is 13.1 Å². The predicted molar refractivity (Wildman–Crippen MR) is 58.6 cm³/mol. The third-order valence-electron chi connectivity index (χ3n) is 2.88. The standard InChI is InChI=1S/C11H17N3O2/c1-3-10-8(5-13(2)12-10)6-14-7-9(15)4-11(14)16/h5,9,15H,3-4,6-7H2,1-2H3. The third kappa shape index (κ3) is 2.09. The zero-order chi connectivity index (χ0) is 11.7. The summed E-state index contributed by atoms with van der Waals surface area (Å²) in [6, 6.07) is 0. The molecule has 1 N–H and O–H groups in total. The summed E-state index contributed by atoms with van der Waals surface area (Å²) in [4.78, 5) is 13.2. The van der Waals surface area contributed by atoms with Gasteiger partial charge in [0.05, 0.1) is 18.2 Å². The molecule has 1 aromatic heterocycles. The Labute approximate surface area is 94.7 Å². The fraction of sp³-hybridized carbons (Fsp3) is 0.636. The molecule has 5 nitrogen and oxygen atoms in total. The lowest BCUT2D eigenvalue weighted by atomic mass is 10.2. The highest BCUT2D eigenvalue weighted by molar-refractivity contribution is 5.79. The van der Waals surface area contributed by atoms with Crippen LogP contribution in [0.15, 0.2) is 6.20 Å². The van der Waals surface area contributed by atoms with E-state index < -0.39 is 6.10 Å². The van der Waals surface area contributed by atoms with Crippen LogP contribution in [-0.2, 0) is 24.8 Å². The van der Waals surface area contributed by atoms with E-state index in [9.17, 15) is 9.90 Å². The number of nitrogens with zero attached hydrogens (tertiary/aromatic N) is 3. The molecule has 1 aromatic rings. The Bertz CT molecular complexity index is 400. The van der Waals surface area contributed by atoms with Gasteiger partial charge in [0.25, 0.3) is 0 Å². The third-order valence-corrected chi connectivity index (χ3v) is 2.88. The highest BCUT2D eigenvalue weighted by atomic mass is 16.3. The summed E-state index contributed by atoms with van der Waals surface area (Å²) >= 11 is 0. The maximum Gasteiger partial charge on any atom is 0.225 e. The Morgan fingerprint density at radius 2 is 2.38 bits per heavy atom. The Hall–Kier alpha value is -1.36. The molecule has 0 aromatic carbocycles. The molecular weight excluding hydrogens is 206 g/mol. The molecule has 0 radical (unpaired) electrons. The molecule has 1 saturated heterocycles. The van der Waals surface area contributed by atoms with E-state index in [0.717, 1.165) is 17.7 Å². The molecule has 1 aliphatic rings. The number of carbonyl (C=O) groups excluding carboxylic acids is 1. The molecule has 0 spiro atoms. The van der Waals surface area contributed by atoms with Gasteiger partial charge in [-0.05, 0) is 6.42 Å². The number of aryl methyl sites for hydroxylation is 2. The minimum Gasteiger partial charge on any atom is -0.391 e. The number of aromatic nitrogens is 2. The van der Waals surface area contributed by atoms with Gasteiger partial charge in [0.1, 0.15) is 0 Å². The van der Waals surface area contributed by atoms with Gasteiger partial charge >= 0.3 is 0 Å². The van der Waals surface area contributed by atoms with Crippen molar-refractivity contribution in [1.82, 2.24) is 14.7 Å². The molecule has 0 bridgehead atoms. The highest BCUT2D eigenvalue weighted by Crippen LogP contribution is 2.17. The maximum atomic E-state index is 11.5. The molecule has 88 valence electrons. The van der Waals surface area contributed by atoms with E-state index in [2.05, 4.69) is 5.10 Å². The quantitative estimate of drug-likeness (QED) is 0.789. The average molecular weight is 223 g/mol. The fourth-order valence-electron chi connectivity index (χ4n) is 2.12. The van der Waals surface area contributed by atoms with Crippen LogP contribution in [0.5, 0.6) is 0 Å². The molecule has 1 fully saturated rings. The maximum absolute atomic E-state index is 11.5. The van der Waals surface area contributed by atoms with Crippen molar-refractivity contribution in [1.29, 1.82) is 0 Å². The Morgan fingerprint density at radius 1 is 1.62 bits per heavy atom. The van der Waals surface area contributed by atoms with Crippen molar-refractivity contribution in [2.45, 2.75) is 32.4 Å². The van der Waals surface area contributed by atoms with E-state index >= 15 is 0 Å². The number of aliphatic hydroxyl groups excluding tert-OH is 1. The Kier molecular flexibility index (Phi) is 2.96. The van der Waals surface area contributed by atoms with E-state index in [4.69, 9.17) is 0 Å². The van der Waals surface area contributed by atoms with Crippen LogP contribution in [0, 0.1) is 0 Å². The molecule has 1 atom stereocenters. The van der Waals surface area contributed by atoms with Crippen molar-refractivity contribution in [3.05, 3.63) is 17.5 Å². The zero-order valence-corrected chi connectivity index (χ0v) is 9.68. The smallest absolute Gasteiger partial charge is 0.225 e. The van der Waals surface area contributed by atoms with Crippen LogP contribution in [0.3, 0.4) is 0 Å². The van der Waals surface area contributed by atoms with Crippen LogP contribution >= 0.6 is 0 Å². The second kappa shape index (κ2) is 4.25. The molecule has 2 rings (SSSR count). The summed E-state index contributed by atoms with van der Waals surface area (Å²) in [5.74, 6) is 0.0263. The van der Waals surface area contributed by atoms with Gasteiger partial charge in [-0.2, -0.15) is 5.10 Å². The van der Waals surface area contributed by atoms with Crippen molar-refractivity contribution in [2.75, 3.05) is 6.54 Å².